The van der Waals surface area contributed by atoms with Crippen molar-refractivity contribution in [3.8, 4) is 5.75 Å². The van der Waals surface area contributed by atoms with Crippen LogP contribution in [0.5, 0.6) is 5.75 Å². The molecule has 1 saturated heterocycles. The fourth-order valence-electron chi connectivity index (χ4n) is 3.13. The van der Waals surface area contributed by atoms with Gasteiger partial charge in [0.05, 0.1) is 23.3 Å². The largest absolute Gasteiger partial charge is 0.494 e. The maximum absolute atomic E-state index is 13.3. The van der Waals surface area contributed by atoms with Crippen LogP contribution in [0.1, 0.15) is 19.8 Å². The summed E-state index contributed by atoms with van der Waals surface area (Å²) in [7, 11) is -3.93. The van der Waals surface area contributed by atoms with E-state index in [0.717, 1.165) is 17.1 Å². The Hall–Kier alpha value is -2.58. The van der Waals surface area contributed by atoms with Crippen LogP contribution in [0.2, 0.25) is 0 Å². The molecule has 1 aliphatic heterocycles. The smallest absolute Gasteiger partial charge is 0.264 e. The predicted octanol–water partition coefficient (Wildman–Crippen LogP) is 2.58. The number of sulfonamides is 1. The maximum atomic E-state index is 13.3. The van der Waals surface area contributed by atoms with E-state index >= 15 is 0 Å². The topological polar surface area (TPSA) is 84.9 Å². The number of carbonyl (C=O) groups is 1. The van der Waals surface area contributed by atoms with Crippen molar-refractivity contribution in [2.75, 3.05) is 30.6 Å². The van der Waals surface area contributed by atoms with E-state index in [9.17, 15) is 13.2 Å². The monoisotopic (exact) mass is 418 g/mol. The summed E-state index contributed by atoms with van der Waals surface area (Å²) in [5.41, 5.74) is 0.425. The molecule has 0 radical (unpaired) electrons. The Bertz CT molecular complexity index is 894. The van der Waals surface area contributed by atoms with Gasteiger partial charge in [0, 0.05) is 13.2 Å². The lowest BCUT2D eigenvalue weighted by molar-refractivity contribution is -0.120. The van der Waals surface area contributed by atoms with Gasteiger partial charge in [0.25, 0.3) is 10.0 Å². The molecule has 2 aromatic rings. The van der Waals surface area contributed by atoms with Crippen molar-refractivity contribution < 1.29 is 22.7 Å². The van der Waals surface area contributed by atoms with Gasteiger partial charge in [-0.2, -0.15) is 0 Å². The first kappa shape index (κ1) is 21.1. The number of hydrogen-bond acceptors (Lipinski definition) is 5. The Kier molecular flexibility index (Phi) is 7.11. The highest BCUT2D eigenvalue weighted by Crippen LogP contribution is 2.25. The molecule has 1 fully saturated rings. The summed E-state index contributed by atoms with van der Waals surface area (Å²) in [6.07, 6.45) is 1.86. The minimum Gasteiger partial charge on any atom is -0.494 e. The van der Waals surface area contributed by atoms with E-state index in [4.69, 9.17) is 9.47 Å². The first-order valence-electron chi connectivity index (χ1n) is 9.69. The van der Waals surface area contributed by atoms with E-state index in [1.807, 2.05) is 6.92 Å². The number of anilines is 1. The zero-order chi connectivity index (χ0) is 20.7. The van der Waals surface area contributed by atoms with Crippen LogP contribution in [-0.2, 0) is 19.6 Å². The van der Waals surface area contributed by atoms with Gasteiger partial charge >= 0.3 is 0 Å². The lowest BCUT2D eigenvalue weighted by Gasteiger charge is -2.24. The van der Waals surface area contributed by atoms with Gasteiger partial charge in [-0.05, 0) is 56.2 Å². The van der Waals surface area contributed by atoms with Crippen molar-refractivity contribution in [3.05, 3.63) is 54.6 Å². The quantitative estimate of drug-likeness (QED) is 0.677. The number of nitrogens with one attached hydrogen (secondary N) is 1. The molecular weight excluding hydrogens is 392 g/mol. The number of hydrogen-bond donors (Lipinski definition) is 1. The third-order valence-corrected chi connectivity index (χ3v) is 6.39. The molecule has 1 aliphatic rings. The molecule has 1 unspecified atom stereocenters. The van der Waals surface area contributed by atoms with E-state index in [-0.39, 0.29) is 23.5 Å². The highest BCUT2D eigenvalue weighted by atomic mass is 32.2. The normalized spacial score (nSPS) is 16.4. The summed E-state index contributed by atoms with van der Waals surface area (Å²) in [6.45, 7) is 3.11. The second-order valence-corrected chi connectivity index (χ2v) is 8.55. The van der Waals surface area contributed by atoms with Crippen molar-refractivity contribution >= 4 is 21.6 Å². The van der Waals surface area contributed by atoms with Gasteiger partial charge in [-0.15, -0.1) is 0 Å². The predicted molar refractivity (Wildman–Crippen MR) is 111 cm³/mol. The van der Waals surface area contributed by atoms with Gasteiger partial charge < -0.3 is 14.8 Å². The summed E-state index contributed by atoms with van der Waals surface area (Å²) in [5, 5.41) is 2.78. The zero-order valence-electron chi connectivity index (χ0n) is 16.4. The summed E-state index contributed by atoms with van der Waals surface area (Å²) in [6, 6.07) is 14.8. The van der Waals surface area contributed by atoms with Crippen LogP contribution >= 0.6 is 0 Å². The van der Waals surface area contributed by atoms with Crippen LogP contribution in [0.25, 0.3) is 0 Å². The second kappa shape index (κ2) is 9.76. The van der Waals surface area contributed by atoms with E-state index < -0.39 is 10.0 Å². The SMILES string of the molecule is CCOc1ccc(S(=O)(=O)N(CC(=O)NCC2CCCO2)c2ccccc2)cc1. The molecule has 3 rings (SSSR count). The van der Waals surface area contributed by atoms with Crippen molar-refractivity contribution in [2.45, 2.75) is 30.8 Å². The molecule has 29 heavy (non-hydrogen) atoms. The van der Waals surface area contributed by atoms with Gasteiger partial charge in [0.2, 0.25) is 5.91 Å². The molecule has 1 amide bonds. The third kappa shape index (κ3) is 5.48. The number of benzene rings is 2. The van der Waals surface area contributed by atoms with E-state index in [0.29, 0.717) is 31.2 Å². The highest BCUT2D eigenvalue weighted by molar-refractivity contribution is 7.92. The molecule has 8 heteroatoms. The average molecular weight is 419 g/mol. The lowest BCUT2D eigenvalue weighted by Crippen LogP contribution is -2.42. The Morgan fingerprint density at radius 1 is 1.17 bits per heavy atom. The second-order valence-electron chi connectivity index (χ2n) is 6.69. The first-order chi connectivity index (χ1) is 14.0. The Morgan fingerprint density at radius 3 is 2.52 bits per heavy atom. The Morgan fingerprint density at radius 2 is 1.90 bits per heavy atom. The minimum atomic E-state index is -3.93. The van der Waals surface area contributed by atoms with Gasteiger partial charge in [-0.3, -0.25) is 9.10 Å². The standard InChI is InChI=1S/C21H26N2O5S/c1-2-27-18-10-12-20(13-11-18)29(25,26)23(17-7-4-3-5-8-17)16-21(24)22-15-19-9-6-14-28-19/h3-5,7-8,10-13,19H,2,6,9,14-16H2,1H3,(H,22,24). The van der Waals surface area contributed by atoms with E-state index in [2.05, 4.69) is 5.32 Å². The van der Waals surface area contributed by atoms with Crippen molar-refractivity contribution in [3.63, 3.8) is 0 Å². The molecule has 0 spiro atoms. The molecule has 1 N–H and O–H groups in total. The van der Waals surface area contributed by atoms with Crippen LogP contribution in [-0.4, -0.2) is 46.7 Å². The molecule has 2 aromatic carbocycles. The highest BCUT2D eigenvalue weighted by Gasteiger charge is 2.27. The van der Waals surface area contributed by atoms with Gasteiger partial charge in [-0.1, -0.05) is 18.2 Å². The third-order valence-electron chi connectivity index (χ3n) is 4.61. The number of nitrogens with zero attached hydrogens (tertiary/aromatic N) is 1. The van der Waals surface area contributed by atoms with Crippen LogP contribution in [0.3, 0.4) is 0 Å². The molecule has 0 aliphatic carbocycles. The van der Waals surface area contributed by atoms with Gasteiger partial charge in [0.1, 0.15) is 12.3 Å². The molecule has 1 atom stereocenters. The molecule has 1 heterocycles. The Labute approximate surface area is 171 Å². The average Bonchev–Trinajstić information content (AvgIpc) is 3.25. The molecule has 156 valence electrons. The molecule has 0 bridgehead atoms. The lowest BCUT2D eigenvalue weighted by atomic mass is 10.2. The van der Waals surface area contributed by atoms with Crippen LogP contribution in [0.15, 0.2) is 59.5 Å². The van der Waals surface area contributed by atoms with E-state index in [1.165, 1.54) is 12.1 Å². The van der Waals surface area contributed by atoms with Crippen LogP contribution in [0.4, 0.5) is 5.69 Å². The summed E-state index contributed by atoms with van der Waals surface area (Å²) in [5.74, 6) is 0.214. The molecule has 0 aromatic heterocycles. The molecule has 7 nitrogen and oxygen atoms in total. The molecular formula is C21H26N2O5S. The molecule has 0 saturated carbocycles. The number of ether oxygens (including phenoxy) is 2. The minimum absolute atomic E-state index is 0.00755. The number of rotatable bonds is 9. The summed E-state index contributed by atoms with van der Waals surface area (Å²) in [4.78, 5) is 12.6. The number of amides is 1. The zero-order valence-corrected chi connectivity index (χ0v) is 17.2. The number of para-hydroxylation sites is 1. The van der Waals surface area contributed by atoms with Crippen molar-refractivity contribution in [1.82, 2.24) is 5.32 Å². The van der Waals surface area contributed by atoms with Crippen molar-refractivity contribution in [2.24, 2.45) is 0 Å². The first-order valence-corrected chi connectivity index (χ1v) is 11.1. The fraction of sp³-hybridized carbons (Fsp3) is 0.381. The van der Waals surface area contributed by atoms with Gasteiger partial charge in [-0.25, -0.2) is 8.42 Å². The summed E-state index contributed by atoms with van der Waals surface area (Å²) < 4.78 is 38.6. The van der Waals surface area contributed by atoms with E-state index in [1.54, 1.807) is 42.5 Å². The Balaban J connectivity index is 1.79. The van der Waals surface area contributed by atoms with Crippen molar-refractivity contribution in [1.29, 1.82) is 0 Å². The maximum Gasteiger partial charge on any atom is 0.264 e. The van der Waals surface area contributed by atoms with Crippen LogP contribution in [0, 0.1) is 0 Å². The fourth-order valence-corrected chi connectivity index (χ4v) is 4.55. The summed E-state index contributed by atoms with van der Waals surface area (Å²) >= 11 is 0. The van der Waals surface area contributed by atoms with Crippen LogP contribution < -0.4 is 14.4 Å². The van der Waals surface area contributed by atoms with Gasteiger partial charge in [0.15, 0.2) is 0 Å². The number of carbonyl (C=O) groups excluding carboxylic acids is 1.